The Morgan fingerprint density at radius 1 is 1.14 bits per heavy atom. The van der Waals surface area contributed by atoms with E-state index in [-0.39, 0.29) is 49.2 Å². The summed E-state index contributed by atoms with van der Waals surface area (Å²) in [6.07, 6.45) is 2.88. The van der Waals surface area contributed by atoms with Gasteiger partial charge in [0, 0.05) is 56.1 Å². The third-order valence-electron chi connectivity index (χ3n) is 7.75. The number of ether oxygens (including phenoxy) is 1. The zero-order valence-electron chi connectivity index (χ0n) is 23.2. The van der Waals surface area contributed by atoms with E-state index in [9.17, 15) is 43.1 Å². The molecule has 1 saturated heterocycles. The summed E-state index contributed by atoms with van der Waals surface area (Å²) in [5.41, 5.74) is 0.258. The Hall–Kier alpha value is -3.58. The van der Waals surface area contributed by atoms with Crippen molar-refractivity contribution in [1.82, 2.24) is 15.2 Å². The van der Waals surface area contributed by atoms with Crippen LogP contribution in [0, 0.1) is 18.4 Å². The Kier molecular flexibility index (Phi) is 8.16. The van der Waals surface area contributed by atoms with Crippen LogP contribution in [-0.2, 0) is 14.3 Å². The molecule has 4 rings (SSSR count). The molecule has 16 heteroatoms. The van der Waals surface area contributed by atoms with Crippen molar-refractivity contribution < 1.29 is 42.5 Å². The molecule has 0 spiro atoms. The number of nitrogens with one attached hydrogen (secondary N) is 1. The summed E-state index contributed by atoms with van der Waals surface area (Å²) in [7, 11) is -8.71. The predicted octanol–water partition coefficient (Wildman–Crippen LogP) is 6.39. The number of rotatable bonds is 8. The van der Waals surface area contributed by atoms with E-state index in [4.69, 9.17) is 4.74 Å². The van der Waals surface area contributed by atoms with Gasteiger partial charge in [0.2, 0.25) is 11.8 Å². The monoisotopic (exact) mass is 637 g/mol. The zero-order chi connectivity index (χ0) is 31.9. The van der Waals surface area contributed by atoms with Gasteiger partial charge in [0.15, 0.2) is 6.19 Å². The van der Waals surface area contributed by atoms with Crippen LogP contribution in [0.3, 0.4) is 0 Å². The minimum atomic E-state index is -10.1. The maximum Gasteiger partial charge on any atom is 0.310 e. The predicted molar refractivity (Wildman–Crippen MR) is 144 cm³/mol. The lowest BCUT2D eigenvalue weighted by Gasteiger charge is -2.41. The summed E-state index contributed by atoms with van der Waals surface area (Å²) in [6.45, 7) is 1.61. The molecular formula is C27H30F7N5O3S. The molecule has 2 aliphatic rings. The van der Waals surface area contributed by atoms with Crippen LogP contribution in [0.2, 0.25) is 0 Å². The number of likely N-dealkylation sites (tertiary alicyclic amines) is 1. The molecule has 1 aromatic carbocycles. The van der Waals surface area contributed by atoms with E-state index in [0.29, 0.717) is 17.7 Å². The Labute approximate surface area is 243 Å². The summed E-state index contributed by atoms with van der Waals surface area (Å²) in [6, 6.07) is -0.452. The number of nitriles is 1. The number of carbonyl (C=O) groups excluding carboxylic acids is 2. The van der Waals surface area contributed by atoms with Crippen molar-refractivity contribution in [1.29, 1.82) is 5.26 Å². The molecule has 0 bridgehead atoms. The highest BCUT2D eigenvalue weighted by atomic mass is 32.5. The number of benzene rings is 1. The lowest BCUT2D eigenvalue weighted by Crippen LogP contribution is -2.52. The number of alkyl halides is 2. The van der Waals surface area contributed by atoms with Crippen molar-refractivity contribution in [2.45, 2.75) is 74.1 Å². The van der Waals surface area contributed by atoms with E-state index in [1.54, 1.807) is 6.92 Å². The molecule has 8 nitrogen and oxygen atoms in total. The molecule has 2 aromatic rings. The first-order chi connectivity index (χ1) is 19.8. The Balaban J connectivity index is 1.83. The van der Waals surface area contributed by atoms with Crippen molar-refractivity contribution >= 4 is 27.7 Å². The zero-order valence-corrected chi connectivity index (χ0v) is 24.0. The minimum absolute atomic E-state index is 0.0129. The number of methoxy groups -OCH3 is 1. The summed E-state index contributed by atoms with van der Waals surface area (Å²) < 4.78 is 100. The van der Waals surface area contributed by atoms with Crippen LogP contribution < -0.4 is 10.2 Å². The number of anilines is 1. The number of amides is 2. The van der Waals surface area contributed by atoms with Crippen LogP contribution in [-0.4, -0.2) is 59.5 Å². The molecule has 3 atom stereocenters. The van der Waals surface area contributed by atoms with E-state index in [2.05, 4.69) is 10.3 Å². The van der Waals surface area contributed by atoms with Crippen molar-refractivity contribution in [3.05, 3.63) is 53.9 Å². The third-order valence-corrected chi connectivity index (χ3v) is 8.91. The van der Waals surface area contributed by atoms with Gasteiger partial charge in [-0.3, -0.25) is 24.4 Å². The van der Waals surface area contributed by atoms with Gasteiger partial charge in [0.1, 0.15) is 17.0 Å². The summed E-state index contributed by atoms with van der Waals surface area (Å²) in [4.78, 5) is 31.9. The molecule has 0 radical (unpaired) electrons. The molecule has 1 aliphatic carbocycles. The largest absolute Gasteiger partial charge is 0.379 e. The van der Waals surface area contributed by atoms with Crippen molar-refractivity contribution in [2.75, 3.05) is 18.6 Å². The molecule has 1 aliphatic heterocycles. The Morgan fingerprint density at radius 2 is 1.77 bits per heavy atom. The number of aryl methyl sites for hydroxylation is 1. The van der Waals surface area contributed by atoms with Crippen LogP contribution in [0.4, 0.5) is 33.9 Å². The lowest BCUT2D eigenvalue weighted by atomic mass is 9.91. The van der Waals surface area contributed by atoms with Crippen LogP contribution >= 0.6 is 10.2 Å². The average molecular weight is 638 g/mol. The second-order valence-corrected chi connectivity index (χ2v) is 13.2. The smallest absolute Gasteiger partial charge is 0.310 e. The first-order valence-electron chi connectivity index (χ1n) is 13.3. The maximum absolute atomic E-state index is 14.2. The number of nitrogens with zero attached hydrogens (tertiary/aromatic N) is 4. The Bertz CT molecular complexity index is 1410. The Morgan fingerprint density at radius 3 is 2.30 bits per heavy atom. The highest BCUT2D eigenvalue weighted by Gasteiger charge is 2.65. The highest BCUT2D eigenvalue weighted by Crippen LogP contribution is 3.02. The molecule has 2 fully saturated rings. The fraction of sp³-hybridized carbons (Fsp3) is 0.481. The van der Waals surface area contributed by atoms with Gasteiger partial charge in [-0.05, 0) is 55.7 Å². The van der Waals surface area contributed by atoms with E-state index < -0.39 is 69.9 Å². The molecule has 1 aromatic heterocycles. The van der Waals surface area contributed by atoms with Gasteiger partial charge < -0.3 is 10.1 Å². The number of carbonyl (C=O) groups is 2. The minimum Gasteiger partial charge on any atom is -0.379 e. The van der Waals surface area contributed by atoms with Gasteiger partial charge in [0.25, 0.3) is 5.91 Å². The van der Waals surface area contributed by atoms with Gasteiger partial charge in [-0.1, -0.05) is 19.4 Å². The van der Waals surface area contributed by atoms with Crippen molar-refractivity contribution in [2.24, 2.45) is 0 Å². The van der Waals surface area contributed by atoms with E-state index in [1.807, 2.05) is 6.19 Å². The maximum atomic E-state index is 14.2. The van der Waals surface area contributed by atoms with Gasteiger partial charge in [-0.25, -0.2) is 8.78 Å². The molecule has 1 N–H and O–H groups in total. The topological polar surface area (TPSA) is 98.6 Å². The van der Waals surface area contributed by atoms with Crippen LogP contribution in [0.1, 0.15) is 49.3 Å². The molecule has 236 valence electrons. The fourth-order valence-electron chi connectivity index (χ4n) is 5.37. The van der Waals surface area contributed by atoms with E-state index in [1.165, 1.54) is 25.6 Å². The van der Waals surface area contributed by atoms with Gasteiger partial charge in [-0.15, -0.1) is 0 Å². The molecular weight excluding hydrogens is 607 g/mol. The standard InChI is InChI=1S/C27H30F7N5O3S/c1-17-9-12-36-14-22(17)24(25(40)37-18-7-10-27(28,29)11-8-18)39(26(41)23-13-20(42-2)15-38(23)16-35)19-3-5-21(6-4-19)43(30,31,32,33)34/h3-6,9,12,14,18,20,23-24H,7-8,10-11,13,15H2,1-2H3,(H,37,40). The van der Waals surface area contributed by atoms with Gasteiger partial charge in [-0.2, -0.15) is 5.26 Å². The van der Waals surface area contributed by atoms with Crippen molar-refractivity contribution in [3.8, 4) is 6.19 Å². The average Bonchev–Trinajstić information content (AvgIpc) is 3.36. The highest BCUT2D eigenvalue weighted by molar-refractivity contribution is 8.45. The quantitative estimate of drug-likeness (QED) is 0.266. The first kappa shape index (κ1) is 32.3. The van der Waals surface area contributed by atoms with Gasteiger partial charge in [0.05, 0.1) is 12.6 Å². The van der Waals surface area contributed by atoms with Crippen LogP contribution in [0.5, 0.6) is 0 Å². The van der Waals surface area contributed by atoms with Crippen molar-refractivity contribution in [3.63, 3.8) is 0 Å². The second-order valence-electron chi connectivity index (χ2n) is 10.8. The molecule has 2 amide bonds. The molecule has 3 unspecified atom stereocenters. The molecule has 43 heavy (non-hydrogen) atoms. The molecule has 1 saturated carbocycles. The number of halogens is 7. The normalized spacial score (nSPS) is 23.0. The number of aromatic nitrogens is 1. The van der Waals surface area contributed by atoms with E-state index in [0.717, 1.165) is 9.80 Å². The van der Waals surface area contributed by atoms with Crippen LogP contribution in [0.15, 0.2) is 47.6 Å². The van der Waals surface area contributed by atoms with Crippen LogP contribution in [0.25, 0.3) is 0 Å². The summed E-state index contributed by atoms with van der Waals surface area (Å²) in [5, 5.41) is 12.4. The SMILES string of the molecule is COC1CC(C(=O)N(c2ccc(S(F)(F)(F)(F)F)cc2)C(C(=O)NC2CCC(F)(F)CC2)c2cnccc2C)N(C#N)C1. The van der Waals surface area contributed by atoms with E-state index >= 15 is 0 Å². The number of hydrogen-bond donors (Lipinski definition) is 1. The summed E-state index contributed by atoms with van der Waals surface area (Å²) in [5.74, 6) is -4.63. The third kappa shape index (κ3) is 7.32. The fourth-order valence-corrected chi connectivity index (χ4v) is 6.02. The molecule has 2 heterocycles. The van der Waals surface area contributed by atoms with Gasteiger partial charge >= 0.3 is 10.2 Å². The number of pyridine rings is 1. The summed E-state index contributed by atoms with van der Waals surface area (Å²) >= 11 is 0. The second kappa shape index (κ2) is 10.8. The first-order valence-corrected chi connectivity index (χ1v) is 15.2. The number of hydrogen-bond acceptors (Lipinski definition) is 6. The lowest BCUT2D eigenvalue weighted by molar-refractivity contribution is -0.129.